The van der Waals surface area contributed by atoms with Crippen molar-refractivity contribution in [2.75, 3.05) is 19.6 Å². The molecule has 0 aromatic heterocycles. The zero-order valence-electron chi connectivity index (χ0n) is 13.8. The van der Waals surface area contributed by atoms with E-state index in [4.69, 9.17) is 11.6 Å². The van der Waals surface area contributed by atoms with Crippen LogP contribution in [0.25, 0.3) is 0 Å². The Balaban J connectivity index is 2.13. The summed E-state index contributed by atoms with van der Waals surface area (Å²) in [5.74, 6) is -0.286. The van der Waals surface area contributed by atoms with Crippen LogP contribution in [0.2, 0.25) is 5.02 Å². The molecule has 0 bridgehead atoms. The van der Waals surface area contributed by atoms with E-state index in [1.807, 2.05) is 6.92 Å². The summed E-state index contributed by atoms with van der Waals surface area (Å²) >= 11 is 5.95. The minimum atomic E-state index is -3.95. The maximum atomic E-state index is 12.7. The molecule has 25 heavy (non-hydrogen) atoms. The first kappa shape index (κ1) is 19.6. The van der Waals surface area contributed by atoms with Gasteiger partial charge < -0.3 is 5.32 Å². The summed E-state index contributed by atoms with van der Waals surface area (Å²) in [5.41, 5.74) is -0.336. The van der Waals surface area contributed by atoms with Gasteiger partial charge in [0, 0.05) is 37.7 Å². The topological polar surface area (TPSA) is 110 Å². The molecule has 138 valence electrons. The number of amides is 1. The fourth-order valence-corrected chi connectivity index (χ4v) is 4.66. The first-order valence-electron chi connectivity index (χ1n) is 7.99. The second-order valence-corrected chi connectivity index (χ2v) is 8.15. The summed E-state index contributed by atoms with van der Waals surface area (Å²) in [6.45, 7) is 2.90. The van der Waals surface area contributed by atoms with Crippen molar-refractivity contribution < 1.29 is 18.1 Å². The van der Waals surface area contributed by atoms with E-state index >= 15 is 0 Å². The number of hydrogen-bond donors (Lipinski definition) is 1. The van der Waals surface area contributed by atoms with Gasteiger partial charge in [-0.1, -0.05) is 18.5 Å². The number of sulfonamides is 1. The molecule has 1 N–H and O–H groups in total. The Labute approximate surface area is 151 Å². The molecule has 1 aromatic carbocycles. The van der Waals surface area contributed by atoms with Gasteiger partial charge in [-0.05, 0) is 25.3 Å². The van der Waals surface area contributed by atoms with E-state index in [-0.39, 0.29) is 40.5 Å². The lowest BCUT2D eigenvalue weighted by Crippen LogP contribution is -2.43. The molecule has 8 nitrogen and oxygen atoms in total. The van der Waals surface area contributed by atoms with Crippen molar-refractivity contribution >= 4 is 33.2 Å². The van der Waals surface area contributed by atoms with Gasteiger partial charge in [-0.15, -0.1) is 0 Å². The van der Waals surface area contributed by atoms with Crippen molar-refractivity contribution in [2.45, 2.75) is 31.1 Å². The van der Waals surface area contributed by atoms with Crippen LogP contribution < -0.4 is 5.32 Å². The number of carbonyl (C=O) groups excluding carboxylic acids is 1. The van der Waals surface area contributed by atoms with Crippen molar-refractivity contribution in [3.05, 3.63) is 33.3 Å². The average molecular weight is 390 g/mol. The summed E-state index contributed by atoms with van der Waals surface area (Å²) in [6, 6.07) is 3.33. The highest BCUT2D eigenvalue weighted by Crippen LogP contribution is 2.31. The Morgan fingerprint density at radius 2 is 2.04 bits per heavy atom. The summed E-state index contributed by atoms with van der Waals surface area (Å²) in [6.07, 6.45) is 1.65. The Hall–Kier alpha value is -1.71. The van der Waals surface area contributed by atoms with Crippen LogP contribution >= 0.6 is 11.6 Å². The zero-order chi connectivity index (χ0) is 18.6. The Kier molecular flexibility index (Phi) is 6.36. The second kappa shape index (κ2) is 8.11. The molecule has 1 amide bonds. The van der Waals surface area contributed by atoms with Crippen LogP contribution in [0.1, 0.15) is 26.2 Å². The fourth-order valence-electron chi connectivity index (χ4n) is 2.69. The fraction of sp³-hybridized carbons (Fsp3) is 0.533. The number of halogens is 1. The van der Waals surface area contributed by atoms with Gasteiger partial charge in [-0.3, -0.25) is 14.9 Å². The molecular weight excluding hydrogens is 370 g/mol. The van der Waals surface area contributed by atoms with Gasteiger partial charge in [0.05, 0.1) is 9.95 Å². The van der Waals surface area contributed by atoms with Crippen LogP contribution in [0.3, 0.4) is 0 Å². The number of nitrogens with zero attached hydrogens (tertiary/aromatic N) is 2. The smallest absolute Gasteiger partial charge is 0.270 e. The standard InChI is InChI=1S/C15H20ClN3O5S/c1-2-7-17-15(20)11-5-8-18(9-6-11)25(23,24)14-10-12(19(21)22)3-4-13(14)16/h3-4,10-11H,2,5-9H2,1H3,(H,17,20). The van der Waals surface area contributed by atoms with E-state index in [0.717, 1.165) is 18.6 Å². The first-order valence-corrected chi connectivity index (χ1v) is 9.81. The third-order valence-electron chi connectivity index (χ3n) is 4.12. The quantitative estimate of drug-likeness (QED) is 0.592. The predicted molar refractivity (Wildman–Crippen MR) is 92.9 cm³/mol. The molecule has 1 aliphatic heterocycles. The van der Waals surface area contributed by atoms with Gasteiger partial charge in [0.1, 0.15) is 4.90 Å². The molecule has 2 rings (SSSR count). The number of nitro benzene ring substituents is 1. The van der Waals surface area contributed by atoms with Gasteiger partial charge in [-0.2, -0.15) is 4.31 Å². The first-order chi connectivity index (χ1) is 11.8. The molecule has 0 radical (unpaired) electrons. The Morgan fingerprint density at radius 1 is 1.40 bits per heavy atom. The number of nitrogens with one attached hydrogen (secondary N) is 1. The molecule has 0 saturated carbocycles. The van der Waals surface area contributed by atoms with E-state index in [2.05, 4.69) is 5.32 Å². The lowest BCUT2D eigenvalue weighted by atomic mass is 9.97. The summed E-state index contributed by atoms with van der Waals surface area (Å²) in [5, 5.41) is 13.6. The maximum absolute atomic E-state index is 12.7. The SMILES string of the molecule is CCCNC(=O)C1CCN(S(=O)(=O)c2cc([N+](=O)[O-])ccc2Cl)CC1. The Morgan fingerprint density at radius 3 is 2.60 bits per heavy atom. The molecule has 10 heteroatoms. The highest BCUT2D eigenvalue weighted by molar-refractivity contribution is 7.89. The largest absolute Gasteiger partial charge is 0.356 e. The molecule has 0 unspecified atom stereocenters. The minimum Gasteiger partial charge on any atom is -0.356 e. The minimum absolute atomic E-state index is 0.0617. The molecule has 1 heterocycles. The molecule has 0 aliphatic carbocycles. The number of carbonyl (C=O) groups is 1. The highest BCUT2D eigenvalue weighted by Gasteiger charge is 2.33. The van der Waals surface area contributed by atoms with Crippen LogP contribution in [0.4, 0.5) is 5.69 Å². The van der Waals surface area contributed by atoms with Crippen molar-refractivity contribution in [3.8, 4) is 0 Å². The molecule has 1 aliphatic rings. The van der Waals surface area contributed by atoms with Gasteiger partial charge >= 0.3 is 0 Å². The summed E-state index contributed by atoms with van der Waals surface area (Å²) in [7, 11) is -3.95. The van der Waals surface area contributed by atoms with Crippen molar-refractivity contribution in [1.82, 2.24) is 9.62 Å². The van der Waals surface area contributed by atoms with Gasteiger partial charge in [0.2, 0.25) is 15.9 Å². The number of nitro groups is 1. The summed E-state index contributed by atoms with van der Waals surface area (Å²) in [4.78, 5) is 21.9. The van der Waals surface area contributed by atoms with Crippen LogP contribution in [-0.4, -0.2) is 43.2 Å². The van der Waals surface area contributed by atoms with E-state index in [9.17, 15) is 23.3 Å². The molecule has 1 saturated heterocycles. The Bertz CT molecular complexity index is 760. The van der Waals surface area contributed by atoms with Crippen molar-refractivity contribution in [3.63, 3.8) is 0 Å². The summed E-state index contributed by atoms with van der Waals surface area (Å²) < 4.78 is 26.7. The third kappa shape index (κ3) is 4.47. The second-order valence-electron chi connectivity index (χ2n) is 5.84. The number of non-ortho nitro benzene ring substituents is 1. The van der Waals surface area contributed by atoms with E-state index in [0.29, 0.717) is 19.4 Å². The van der Waals surface area contributed by atoms with E-state index < -0.39 is 14.9 Å². The van der Waals surface area contributed by atoms with Gasteiger partial charge in [-0.25, -0.2) is 8.42 Å². The zero-order valence-corrected chi connectivity index (χ0v) is 15.3. The normalized spacial score (nSPS) is 16.6. The lowest BCUT2D eigenvalue weighted by molar-refractivity contribution is -0.385. The van der Waals surface area contributed by atoms with Crippen LogP contribution in [0.5, 0.6) is 0 Å². The van der Waals surface area contributed by atoms with Crippen LogP contribution in [-0.2, 0) is 14.8 Å². The lowest BCUT2D eigenvalue weighted by Gasteiger charge is -2.30. The third-order valence-corrected chi connectivity index (χ3v) is 6.50. The number of rotatable bonds is 6. The van der Waals surface area contributed by atoms with Crippen LogP contribution in [0, 0.1) is 16.0 Å². The number of piperidine rings is 1. The van der Waals surface area contributed by atoms with E-state index in [1.165, 1.54) is 10.4 Å². The number of hydrogen-bond acceptors (Lipinski definition) is 5. The van der Waals surface area contributed by atoms with Crippen LogP contribution in [0.15, 0.2) is 23.1 Å². The van der Waals surface area contributed by atoms with Gasteiger partial charge in [0.15, 0.2) is 0 Å². The van der Waals surface area contributed by atoms with Gasteiger partial charge in [0.25, 0.3) is 5.69 Å². The molecule has 0 spiro atoms. The van der Waals surface area contributed by atoms with E-state index in [1.54, 1.807) is 0 Å². The van der Waals surface area contributed by atoms with Crippen molar-refractivity contribution in [1.29, 1.82) is 0 Å². The number of benzene rings is 1. The van der Waals surface area contributed by atoms with Crippen molar-refractivity contribution in [2.24, 2.45) is 5.92 Å². The average Bonchev–Trinajstić information content (AvgIpc) is 2.59. The molecule has 1 fully saturated rings. The molecular formula is C15H20ClN3O5S. The predicted octanol–water partition coefficient (Wildman–Crippen LogP) is 2.18. The molecule has 0 atom stereocenters. The highest BCUT2D eigenvalue weighted by atomic mass is 35.5. The molecule has 1 aromatic rings. The monoisotopic (exact) mass is 389 g/mol. The maximum Gasteiger partial charge on any atom is 0.270 e.